The minimum absolute atomic E-state index is 0.255. The molecule has 0 saturated carbocycles. The molecule has 38 heavy (non-hydrogen) atoms. The number of hydrogen-bond donors (Lipinski definition) is 10. The van der Waals surface area contributed by atoms with Crippen LogP contribution in [0.4, 0.5) is 22.7 Å². The van der Waals surface area contributed by atoms with E-state index in [0.29, 0.717) is 28.3 Å². The number of nitrogens with two attached hydrogens (primary N) is 9. The fourth-order valence-corrected chi connectivity index (χ4v) is 3.25. The molecule has 14 nitrogen and oxygen atoms in total. The summed E-state index contributed by atoms with van der Waals surface area (Å²) in [5.74, 6) is -2.35. The lowest BCUT2D eigenvalue weighted by Crippen LogP contribution is -2.95. The van der Waals surface area contributed by atoms with Crippen molar-refractivity contribution in [3.8, 4) is 5.75 Å². The molecule has 19 N–H and O–H groups in total. The number of nitrogen functional groups attached to an aromatic ring is 1. The minimum Gasteiger partial charge on any atom is -0.423 e. The largest absolute Gasteiger partial charge is 0.423 e. The second-order valence-electron chi connectivity index (χ2n) is 9.02. The summed E-state index contributed by atoms with van der Waals surface area (Å²) in [6.45, 7) is 1.89. The zero-order chi connectivity index (χ0) is 28.3. The second-order valence-corrected chi connectivity index (χ2v) is 9.02. The number of nitrogens with one attached hydrogen (secondary N) is 1. The summed E-state index contributed by atoms with van der Waals surface area (Å²) >= 11 is 0. The highest BCUT2D eigenvalue weighted by atomic mass is 16.5. The Morgan fingerprint density at radius 3 is 1.95 bits per heavy atom. The molecular weight excluding hydrogens is 488 g/mol. The quantitative estimate of drug-likeness (QED) is 0.0567. The molecule has 0 aliphatic rings. The lowest BCUT2D eigenvalue weighted by atomic mass is 9.86. The van der Waals surface area contributed by atoms with E-state index >= 15 is 0 Å². The van der Waals surface area contributed by atoms with E-state index in [1.54, 1.807) is 36.4 Å². The number of esters is 1. The molecule has 0 saturated heterocycles. The zero-order valence-corrected chi connectivity index (χ0v) is 20.8. The summed E-state index contributed by atoms with van der Waals surface area (Å²) in [6, 6.07) is 17.9. The number of nitrogens with zero attached hydrogens (tertiary/aromatic N) is 2. The van der Waals surface area contributed by atoms with Crippen molar-refractivity contribution in [3.05, 3.63) is 77.9 Å². The van der Waals surface area contributed by atoms with Crippen molar-refractivity contribution < 1.29 is 9.53 Å². The molecule has 0 aliphatic carbocycles. The van der Waals surface area contributed by atoms with Crippen molar-refractivity contribution in [2.45, 2.75) is 30.2 Å². The molecule has 0 spiro atoms. The fraction of sp³-hybridized carbons (Fsp3) is 0.208. The minimum atomic E-state index is -2.14. The molecule has 0 heterocycles. The van der Waals surface area contributed by atoms with Gasteiger partial charge in [-0.2, -0.15) is 10.2 Å². The van der Waals surface area contributed by atoms with E-state index in [4.69, 9.17) is 56.3 Å². The summed E-state index contributed by atoms with van der Waals surface area (Å²) in [4.78, 5) is 12.6. The second kappa shape index (κ2) is 10.8. The summed E-state index contributed by atoms with van der Waals surface area (Å²) in [5, 5.41) is 11.1. The van der Waals surface area contributed by atoms with E-state index in [1.807, 2.05) is 13.0 Å². The first-order chi connectivity index (χ1) is 17.6. The maximum atomic E-state index is 12.6. The number of carbonyl (C=O) groups is 1. The van der Waals surface area contributed by atoms with Crippen LogP contribution in [-0.4, -0.2) is 29.2 Å². The summed E-state index contributed by atoms with van der Waals surface area (Å²) < 4.78 is 5.41. The Balaban J connectivity index is 1.63. The van der Waals surface area contributed by atoms with E-state index in [1.165, 1.54) is 24.3 Å². The predicted molar refractivity (Wildman–Crippen MR) is 147 cm³/mol. The lowest BCUT2D eigenvalue weighted by Gasteiger charge is -2.50. The SMILES string of the molecule is Cc1cc(N=Nc2ccc(C(=O)Oc3ccc(NC(N)(N)C(N)(N)C(N)(N)C(N)N)cc3)cc2)ccc1N. The first-order valence-corrected chi connectivity index (χ1v) is 11.4. The first-order valence-electron chi connectivity index (χ1n) is 11.4. The van der Waals surface area contributed by atoms with Gasteiger partial charge in [0.1, 0.15) is 11.4 Å². The topological polar surface area (TPSA) is 297 Å². The number of benzene rings is 3. The van der Waals surface area contributed by atoms with Gasteiger partial charge in [-0.1, -0.05) is 0 Å². The van der Waals surface area contributed by atoms with Crippen LogP contribution in [0, 0.1) is 6.92 Å². The zero-order valence-electron chi connectivity index (χ0n) is 20.8. The van der Waals surface area contributed by atoms with E-state index < -0.39 is 29.2 Å². The highest BCUT2D eigenvalue weighted by molar-refractivity contribution is 5.91. The van der Waals surface area contributed by atoms with Crippen LogP contribution in [0.5, 0.6) is 5.75 Å². The third kappa shape index (κ3) is 6.10. The van der Waals surface area contributed by atoms with Crippen molar-refractivity contribution in [2.24, 2.45) is 56.1 Å². The third-order valence-corrected chi connectivity index (χ3v) is 6.01. The van der Waals surface area contributed by atoms with Gasteiger partial charge in [-0.05, 0) is 79.2 Å². The summed E-state index contributed by atoms with van der Waals surface area (Å²) in [7, 11) is 0. The number of hydrogen-bond acceptors (Lipinski definition) is 14. The van der Waals surface area contributed by atoms with Crippen LogP contribution >= 0.6 is 0 Å². The molecule has 0 aromatic heterocycles. The maximum absolute atomic E-state index is 12.6. The summed E-state index contributed by atoms with van der Waals surface area (Å²) in [6.07, 6.45) is -1.32. The molecule has 0 atom stereocenters. The third-order valence-electron chi connectivity index (χ3n) is 6.01. The average Bonchev–Trinajstić information content (AvgIpc) is 2.85. The van der Waals surface area contributed by atoms with Gasteiger partial charge >= 0.3 is 5.97 Å². The highest BCUT2D eigenvalue weighted by Gasteiger charge is 2.55. The predicted octanol–water partition coefficient (Wildman–Crippen LogP) is -0.334. The molecule has 202 valence electrons. The standard InChI is InChI=1S/C24H34N12O2/c1-13-12-17(8-11-19(13)25)36-35-16-4-2-14(3-5-16)20(37)38-18-9-6-15(7-10-18)34-24(32,33)23(30,31)22(28,29)21(26)27/h2-12,21,34H,25-33H2,1H3. The van der Waals surface area contributed by atoms with Gasteiger partial charge in [0.25, 0.3) is 0 Å². The molecule has 3 aromatic rings. The Morgan fingerprint density at radius 2 is 1.39 bits per heavy atom. The van der Waals surface area contributed by atoms with Gasteiger partial charge in [0.2, 0.25) is 0 Å². The number of ether oxygens (including phenoxy) is 1. The van der Waals surface area contributed by atoms with Crippen LogP contribution in [-0.2, 0) is 0 Å². The van der Waals surface area contributed by atoms with Crippen LogP contribution in [0.25, 0.3) is 0 Å². The van der Waals surface area contributed by atoms with Crippen molar-refractivity contribution >= 4 is 28.7 Å². The van der Waals surface area contributed by atoms with E-state index in [2.05, 4.69) is 15.5 Å². The smallest absolute Gasteiger partial charge is 0.343 e. The Bertz CT molecular complexity index is 1300. The highest BCUT2D eigenvalue weighted by Crippen LogP contribution is 2.24. The number of rotatable bonds is 9. The van der Waals surface area contributed by atoms with Gasteiger partial charge in [0.05, 0.1) is 23.1 Å². The molecule has 0 bridgehead atoms. The van der Waals surface area contributed by atoms with Crippen molar-refractivity contribution in [2.75, 3.05) is 11.1 Å². The van der Waals surface area contributed by atoms with Crippen LogP contribution in [0.2, 0.25) is 0 Å². The monoisotopic (exact) mass is 522 g/mol. The van der Waals surface area contributed by atoms with Gasteiger partial charge in [0, 0.05) is 11.4 Å². The Hall–Kier alpha value is -3.99. The van der Waals surface area contributed by atoms with E-state index in [9.17, 15) is 4.79 Å². The van der Waals surface area contributed by atoms with Gasteiger partial charge in [-0.25, -0.2) is 4.79 Å². The maximum Gasteiger partial charge on any atom is 0.343 e. The molecule has 0 unspecified atom stereocenters. The molecule has 14 heteroatoms. The number of anilines is 2. The van der Waals surface area contributed by atoms with E-state index in [0.717, 1.165) is 5.56 Å². The van der Waals surface area contributed by atoms with Crippen LogP contribution in [0.1, 0.15) is 15.9 Å². The van der Waals surface area contributed by atoms with Crippen LogP contribution in [0.3, 0.4) is 0 Å². The molecule has 0 radical (unpaired) electrons. The molecule has 3 rings (SSSR count). The Morgan fingerprint density at radius 1 is 0.842 bits per heavy atom. The van der Waals surface area contributed by atoms with Crippen LogP contribution < -0.4 is 61.7 Å². The Labute approximate surface area is 219 Å². The van der Waals surface area contributed by atoms with Crippen molar-refractivity contribution in [1.82, 2.24) is 0 Å². The fourth-order valence-electron chi connectivity index (χ4n) is 3.25. The number of carbonyl (C=O) groups excluding carboxylic acids is 1. The Kier molecular flexibility index (Phi) is 8.11. The van der Waals surface area contributed by atoms with E-state index in [-0.39, 0.29) is 5.75 Å². The van der Waals surface area contributed by atoms with Crippen molar-refractivity contribution in [1.29, 1.82) is 0 Å². The van der Waals surface area contributed by atoms with Crippen molar-refractivity contribution in [3.63, 3.8) is 0 Å². The molecule has 3 aromatic carbocycles. The molecule has 0 amide bonds. The molecule has 0 aliphatic heterocycles. The lowest BCUT2D eigenvalue weighted by molar-refractivity contribution is 0.0734. The van der Waals surface area contributed by atoms with Gasteiger partial charge in [0.15, 0.2) is 11.4 Å². The van der Waals surface area contributed by atoms with Gasteiger partial charge < -0.3 is 50.2 Å². The van der Waals surface area contributed by atoms with Gasteiger partial charge in [-0.3, -0.25) is 11.5 Å². The van der Waals surface area contributed by atoms with Gasteiger partial charge in [-0.15, -0.1) is 0 Å². The normalized spacial score (nSPS) is 12.7. The molecule has 0 fully saturated rings. The van der Waals surface area contributed by atoms with Crippen LogP contribution in [0.15, 0.2) is 77.0 Å². The number of aryl methyl sites for hydroxylation is 1. The summed E-state index contributed by atoms with van der Waals surface area (Å²) in [5.41, 5.74) is 52.2. The average molecular weight is 523 g/mol. The molecular formula is C24H34N12O2. The number of azo groups is 1. The first kappa shape index (κ1) is 28.6.